The van der Waals surface area contributed by atoms with Gasteiger partial charge < -0.3 is 14.2 Å². The van der Waals surface area contributed by atoms with Gasteiger partial charge in [0.2, 0.25) is 12.6 Å². The normalized spacial score (nSPS) is 12.9. The highest BCUT2D eigenvalue weighted by molar-refractivity contribution is 7.47. The molecular weight excluding hydrogens is 447 g/mol. The zero-order valence-electron chi connectivity index (χ0n) is 17.7. The smallest absolute Gasteiger partial charge is 0.439 e. The molecule has 4 aromatic rings. The van der Waals surface area contributed by atoms with Gasteiger partial charge in [0, 0.05) is 31.9 Å². The van der Waals surface area contributed by atoms with E-state index in [9.17, 15) is 9.46 Å². The van der Waals surface area contributed by atoms with Crippen molar-refractivity contribution in [1.82, 2.24) is 10.1 Å². The van der Waals surface area contributed by atoms with Gasteiger partial charge in [-0.15, -0.1) is 0 Å². The molecule has 0 bridgehead atoms. The van der Waals surface area contributed by atoms with E-state index in [2.05, 4.69) is 14.7 Å². The summed E-state index contributed by atoms with van der Waals surface area (Å²) in [6.07, 6.45) is 3.78. The minimum Gasteiger partial charge on any atom is -0.439 e. The minimum absolute atomic E-state index is 0.274. The highest BCUT2D eigenvalue weighted by atomic mass is 31.2. The molecule has 1 aromatic carbocycles. The van der Waals surface area contributed by atoms with E-state index in [0.717, 1.165) is 12.7 Å². The number of rotatable bonds is 9. The first-order chi connectivity index (χ1) is 15.9. The first-order valence-corrected chi connectivity index (χ1v) is 11.4. The van der Waals surface area contributed by atoms with Crippen molar-refractivity contribution in [1.29, 1.82) is 0 Å². The van der Waals surface area contributed by atoms with E-state index in [1.54, 1.807) is 30.6 Å². The standard InChI is InChI=1S/C22H21N4O6P/c1-29-33(27,28)30-15-26-11-5-8-19(22(26)23)20-14-17(25-32-20)12-16-9-10-24-21(13-16)31-18-6-3-2-4-7-18/h2-11,13-14,23H,12,15H2,1H3,(H,27,28)/p+1. The predicted molar refractivity (Wildman–Crippen MR) is 118 cm³/mol. The maximum absolute atomic E-state index is 11.5. The number of phosphoric ester groups is 1. The second-order valence-electron chi connectivity index (χ2n) is 6.96. The Labute approximate surface area is 189 Å². The number of nitrogens with two attached hydrogens (primary N) is 1. The molecule has 3 heterocycles. The zero-order chi connectivity index (χ0) is 23.3. The lowest BCUT2D eigenvalue weighted by Crippen LogP contribution is -2.38. The van der Waals surface area contributed by atoms with Crippen molar-refractivity contribution in [3.63, 3.8) is 0 Å². The van der Waals surface area contributed by atoms with Gasteiger partial charge in [0.05, 0.1) is 11.9 Å². The fraction of sp³-hybridized carbons (Fsp3) is 0.136. The minimum atomic E-state index is -4.13. The van der Waals surface area contributed by atoms with Crippen LogP contribution in [0.1, 0.15) is 11.3 Å². The van der Waals surface area contributed by atoms with Gasteiger partial charge >= 0.3 is 7.82 Å². The van der Waals surface area contributed by atoms with Crippen LogP contribution in [0.25, 0.3) is 11.3 Å². The number of pyridine rings is 2. The van der Waals surface area contributed by atoms with Crippen LogP contribution in [0.4, 0.5) is 5.82 Å². The molecule has 0 fully saturated rings. The van der Waals surface area contributed by atoms with Crippen LogP contribution in [-0.2, 0) is 26.8 Å². The van der Waals surface area contributed by atoms with Gasteiger partial charge in [-0.3, -0.25) is 10.3 Å². The molecule has 0 radical (unpaired) electrons. The number of anilines is 1. The van der Waals surface area contributed by atoms with Crippen LogP contribution in [0.2, 0.25) is 0 Å². The SMILES string of the molecule is COP(=O)(O)OC[n+]1cccc(-c2cc(Cc3ccnc(Oc4ccccc4)c3)no2)c1N. The van der Waals surface area contributed by atoms with Gasteiger partial charge in [0.1, 0.15) is 11.3 Å². The number of benzene rings is 1. The predicted octanol–water partition coefficient (Wildman–Crippen LogP) is 3.71. The number of hydrogen-bond donors (Lipinski definition) is 2. The molecule has 170 valence electrons. The van der Waals surface area contributed by atoms with Crippen molar-refractivity contribution in [2.24, 2.45) is 0 Å². The average Bonchev–Trinajstić information content (AvgIpc) is 3.27. The Morgan fingerprint density at radius 1 is 1.15 bits per heavy atom. The Bertz CT molecular complexity index is 1280. The number of phosphoric acid groups is 1. The molecular formula is C22H22N4O6P+. The lowest BCUT2D eigenvalue weighted by atomic mass is 10.1. The van der Waals surface area contributed by atoms with Crippen molar-refractivity contribution in [2.75, 3.05) is 12.8 Å². The average molecular weight is 469 g/mol. The van der Waals surface area contributed by atoms with Crippen LogP contribution in [0, 0.1) is 0 Å². The van der Waals surface area contributed by atoms with Crippen LogP contribution < -0.4 is 15.0 Å². The van der Waals surface area contributed by atoms with Crippen LogP contribution in [0.5, 0.6) is 11.6 Å². The van der Waals surface area contributed by atoms with Crippen molar-refractivity contribution >= 4 is 13.6 Å². The Morgan fingerprint density at radius 3 is 2.76 bits per heavy atom. The topological polar surface area (TPSA) is 134 Å². The van der Waals surface area contributed by atoms with E-state index in [4.69, 9.17) is 19.5 Å². The molecule has 1 atom stereocenters. The third kappa shape index (κ3) is 5.82. The summed E-state index contributed by atoms with van der Waals surface area (Å²) in [5.74, 6) is 1.91. The summed E-state index contributed by atoms with van der Waals surface area (Å²) in [4.78, 5) is 13.7. The molecule has 0 amide bonds. The summed E-state index contributed by atoms with van der Waals surface area (Å²) >= 11 is 0. The Hall–Kier alpha value is -3.56. The van der Waals surface area contributed by atoms with Gasteiger partial charge in [-0.05, 0) is 35.9 Å². The quantitative estimate of drug-likeness (QED) is 0.278. The summed E-state index contributed by atoms with van der Waals surface area (Å²) < 4.78 is 33.6. The zero-order valence-corrected chi connectivity index (χ0v) is 18.6. The summed E-state index contributed by atoms with van der Waals surface area (Å²) in [6, 6.07) is 18.4. The fourth-order valence-corrected chi connectivity index (χ4v) is 3.40. The summed E-state index contributed by atoms with van der Waals surface area (Å²) in [5.41, 5.74) is 8.39. The molecule has 0 aliphatic rings. The summed E-state index contributed by atoms with van der Waals surface area (Å²) in [7, 11) is -3.05. The molecule has 0 saturated heterocycles. The number of ether oxygens (including phenoxy) is 1. The molecule has 1 unspecified atom stereocenters. The van der Waals surface area contributed by atoms with Gasteiger partial charge in [-0.2, -0.15) is 0 Å². The van der Waals surface area contributed by atoms with E-state index in [1.165, 1.54) is 4.57 Å². The van der Waals surface area contributed by atoms with E-state index in [1.807, 2.05) is 42.5 Å². The number of aromatic nitrogens is 3. The van der Waals surface area contributed by atoms with Crippen LogP contribution >= 0.6 is 7.82 Å². The van der Waals surface area contributed by atoms with Gasteiger partial charge in [0.15, 0.2) is 5.76 Å². The maximum Gasteiger partial charge on any atom is 0.475 e. The van der Waals surface area contributed by atoms with E-state index < -0.39 is 7.82 Å². The van der Waals surface area contributed by atoms with Crippen molar-refractivity contribution < 1.29 is 32.3 Å². The lowest BCUT2D eigenvalue weighted by Gasteiger charge is -2.09. The largest absolute Gasteiger partial charge is 0.475 e. The summed E-state index contributed by atoms with van der Waals surface area (Å²) in [5, 5.41) is 4.13. The highest BCUT2D eigenvalue weighted by Crippen LogP contribution is 2.41. The van der Waals surface area contributed by atoms with Crippen LogP contribution in [0.15, 0.2) is 77.6 Å². The molecule has 33 heavy (non-hydrogen) atoms. The molecule has 3 N–H and O–H groups in total. The number of nitrogens with zero attached hydrogens (tertiary/aromatic N) is 3. The second kappa shape index (κ2) is 9.93. The molecule has 10 nitrogen and oxygen atoms in total. The Balaban J connectivity index is 1.48. The molecule has 0 saturated carbocycles. The Morgan fingerprint density at radius 2 is 1.97 bits per heavy atom. The molecule has 4 rings (SSSR count). The van der Waals surface area contributed by atoms with E-state index >= 15 is 0 Å². The molecule has 11 heteroatoms. The number of nitrogen functional groups attached to an aromatic ring is 1. The molecule has 0 aliphatic heterocycles. The lowest BCUT2D eigenvalue weighted by molar-refractivity contribution is -0.711. The van der Waals surface area contributed by atoms with Gasteiger partial charge in [-0.25, -0.2) is 18.6 Å². The van der Waals surface area contributed by atoms with E-state index in [0.29, 0.717) is 35.1 Å². The maximum atomic E-state index is 11.5. The van der Waals surface area contributed by atoms with Crippen molar-refractivity contribution in [2.45, 2.75) is 13.2 Å². The van der Waals surface area contributed by atoms with Crippen molar-refractivity contribution in [3.05, 3.63) is 84.3 Å². The van der Waals surface area contributed by atoms with Gasteiger partial charge in [-0.1, -0.05) is 23.4 Å². The number of hydrogen-bond acceptors (Lipinski definition) is 8. The van der Waals surface area contributed by atoms with Gasteiger partial charge in [0.25, 0.3) is 5.82 Å². The molecule has 0 spiro atoms. The molecule has 3 aromatic heterocycles. The number of para-hydroxylation sites is 1. The third-order valence-corrected chi connectivity index (χ3v) is 5.58. The second-order valence-corrected chi connectivity index (χ2v) is 8.52. The first-order valence-electron chi connectivity index (χ1n) is 9.88. The fourth-order valence-electron chi connectivity index (χ4n) is 3.03. The van der Waals surface area contributed by atoms with Crippen LogP contribution in [0.3, 0.4) is 0 Å². The van der Waals surface area contributed by atoms with Crippen LogP contribution in [-0.4, -0.2) is 22.1 Å². The van der Waals surface area contributed by atoms with Crippen molar-refractivity contribution in [3.8, 4) is 23.0 Å². The summed E-state index contributed by atoms with van der Waals surface area (Å²) in [6.45, 7) is -0.274. The monoisotopic (exact) mass is 469 g/mol. The Kier molecular flexibility index (Phi) is 6.81. The third-order valence-electron chi connectivity index (χ3n) is 4.68. The highest BCUT2D eigenvalue weighted by Gasteiger charge is 2.22. The first kappa shape index (κ1) is 22.6. The van der Waals surface area contributed by atoms with E-state index in [-0.39, 0.29) is 12.5 Å². The molecule has 0 aliphatic carbocycles.